The van der Waals surface area contributed by atoms with Gasteiger partial charge in [-0.2, -0.15) is 0 Å². The highest BCUT2D eigenvalue weighted by molar-refractivity contribution is 7.16. The van der Waals surface area contributed by atoms with Gasteiger partial charge in [-0.1, -0.05) is 42.5 Å². The molecule has 0 aliphatic heterocycles. The molecule has 118 valence electrons. The first kappa shape index (κ1) is 15.5. The lowest BCUT2D eigenvalue weighted by Crippen LogP contribution is -2.17. The van der Waals surface area contributed by atoms with Crippen LogP contribution in [0, 0.1) is 0 Å². The van der Waals surface area contributed by atoms with E-state index >= 15 is 0 Å². The van der Waals surface area contributed by atoms with Crippen LogP contribution in [0.1, 0.15) is 18.9 Å². The molecule has 3 rings (SSSR count). The standard InChI is InChI=1S/C18H17NO3S/c1-2-13-6-5-7-14(12-13)22-17(20)10-11-19-15-8-3-4-9-16(15)23-18(19)21/h3-9,12H,2,10-11H2,1H3. The molecule has 0 saturated carbocycles. The molecule has 1 heterocycles. The van der Waals surface area contributed by atoms with Crippen molar-refractivity contribution in [2.24, 2.45) is 0 Å². The number of carbonyl (C=O) groups excluding carboxylic acids is 1. The molecule has 0 fully saturated rings. The minimum atomic E-state index is -0.333. The van der Waals surface area contributed by atoms with E-state index in [2.05, 4.69) is 6.92 Å². The number of rotatable bonds is 5. The molecule has 0 aliphatic carbocycles. The van der Waals surface area contributed by atoms with Gasteiger partial charge >= 0.3 is 10.8 Å². The highest BCUT2D eigenvalue weighted by Gasteiger charge is 2.10. The summed E-state index contributed by atoms with van der Waals surface area (Å²) in [5.41, 5.74) is 1.98. The third-order valence-corrected chi connectivity index (χ3v) is 4.61. The molecule has 0 aliphatic rings. The van der Waals surface area contributed by atoms with Gasteiger partial charge in [0, 0.05) is 6.54 Å². The van der Waals surface area contributed by atoms with Crippen LogP contribution < -0.4 is 9.61 Å². The van der Waals surface area contributed by atoms with E-state index in [9.17, 15) is 9.59 Å². The van der Waals surface area contributed by atoms with Crippen molar-refractivity contribution in [1.29, 1.82) is 0 Å². The van der Waals surface area contributed by atoms with Crippen molar-refractivity contribution < 1.29 is 9.53 Å². The van der Waals surface area contributed by atoms with Gasteiger partial charge in [0.05, 0.1) is 16.6 Å². The Kier molecular flexibility index (Phi) is 4.57. The highest BCUT2D eigenvalue weighted by Crippen LogP contribution is 2.17. The zero-order valence-corrected chi connectivity index (χ0v) is 13.6. The number of thiazole rings is 1. The van der Waals surface area contributed by atoms with E-state index in [0.29, 0.717) is 12.3 Å². The van der Waals surface area contributed by atoms with Crippen molar-refractivity contribution in [3.8, 4) is 5.75 Å². The number of nitrogens with zero attached hydrogens (tertiary/aromatic N) is 1. The number of aryl methyl sites for hydroxylation is 2. The number of hydrogen-bond donors (Lipinski definition) is 0. The molecule has 0 radical (unpaired) electrons. The largest absolute Gasteiger partial charge is 0.426 e. The molecule has 0 atom stereocenters. The van der Waals surface area contributed by atoms with Crippen LogP contribution in [0.4, 0.5) is 0 Å². The molecule has 3 aromatic rings. The van der Waals surface area contributed by atoms with E-state index in [1.165, 1.54) is 11.3 Å². The van der Waals surface area contributed by atoms with Gasteiger partial charge in [0.2, 0.25) is 0 Å². The van der Waals surface area contributed by atoms with E-state index in [4.69, 9.17) is 4.74 Å². The maximum absolute atomic E-state index is 12.0. The van der Waals surface area contributed by atoms with Crippen molar-refractivity contribution in [2.45, 2.75) is 26.3 Å². The van der Waals surface area contributed by atoms with Crippen molar-refractivity contribution >= 4 is 27.5 Å². The molecule has 1 aromatic heterocycles. The fraction of sp³-hybridized carbons (Fsp3) is 0.222. The Bertz CT molecular complexity index is 894. The summed E-state index contributed by atoms with van der Waals surface area (Å²) in [6, 6.07) is 15.1. The van der Waals surface area contributed by atoms with Gasteiger partial charge in [-0.05, 0) is 36.2 Å². The Morgan fingerprint density at radius 3 is 2.83 bits per heavy atom. The fourth-order valence-corrected chi connectivity index (χ4v) is 3.36. The molecule has 23 heavy (non-hydrogen) atoms. The van der Waals surface area contributed by atoms with Gasteiger partial charge in [-0.25, -0.2) is 0 Å². The monoisotopic (exact) mass is 327 g/mol. The predicted octanol–water partition coefficient (Wildman–Crippen LogP) is 3.62. The lowest BCUT2D eigenvalue weighted by molar-refractivity contribution is -0.134. The molecule has 0 amide bonds. The Hall–Kier alpha value is -2.40. The summed E-state index contributed by atoms with van der Waals surface area (Å²) < 4.78 is 7.92. The summed E-state index contributed by atoms with van der Waals surface area (Å²) in [5, 5.41) is 0. The molecular formula is C18H17NO3S. The molecule has 4 nitrogen and oxygen atoms in total. The fourth-order valence-electron chi connectivity index (χ4n) is 2.44. The number of benzene rings is 2. The van der Waals surface area contributed by atoms with Crippen molar-refractivity contribution in [1.82, 2.24) is 4.57 Å². The normalized spacial score (nSPS) is 10.8. The predicted molar refractivity (Wildman–Crippen MR) is 92.2 cm³/mol. The third-order valence-electron chi connectivity index (χ3n) is 3.65. The number of ether oxygens (including phenoxy) is 1. The zero-order valence-electron chi connectivity index (χ0n) is 12.8. The number of fused-ring (bicyclic) bond motifs is 1. The van der Waals surface area contributed by atoms with Crippen LogP contribution in [-0.4, -0.2) is 10.5 Å². The summed E-state index contributed by atoms with van der Waals surface area (Å²) in [6.45, 7) is 2.38. The van der Waals surface area contributed by atoms with E-state index < -0.39 is 0 Å². The summed E-state index contributed by atoms with van der Waals surface area (Å²) in [6.07, 6.45) is 1.05. The first-order chi connectivity index (χ1) is 11.2. The Labute approximate surface area is 138 Å². The summed E-state index contributed by atoms with van der Waals surface area (Å²) in [5.74, 6) is 0.220. The van der Waals surface area contributed by atoms with Gasteiger partial charge in [-0.15, -0.1) is 0 Å². The van der Waals surface area contributed by atoms with Crippen LogP contribution in [-0.2, 0) is 17.8 Å². The second-order valence-electron chi connectivity index (χ2n) is 5.21. The Morgan fingerprint density at radius 1 is 1.17 bits per heavy atom. The SMILES string of the molecule is CCc1cccc(OC(=O)CCn2c(=O)sc3ccccc32)c1. The number of aromatic nitrogens is 1. The number of hydrogen-bond acceptors (Lipinski definition) is 4. The first-order valence-electron chi connectivity index (χ1n) is 7.55. The maximum atomic E-state index is 12.0. The van der Waals surface area contributed by atoms with Crippen LogP contribution >= 0.6 is 11.3 Å². The van der Waals surface area contributed by atoms with Crippen molar-refractivity contribution in [3.63, 3.8) is 0 Å². The molecule has 0 bridgehead atoms. The summed E-state index contributed by atoms with van der Waals surface area (Å²) in [4.78, 5) is 24.0. The van der Waals surface area contributed by atoms with E-state index in [-0.39, 0.29) is 17.3 Å². The minimum Gasteiger partial charge on any atom is -0.426 e. The highest BCUT2D eigenvalue weighted by atomic mass is 32.1. The topological polar surface area (TPSA) is 48.3 Å². The van der Waals surface area contributed by atoms with E-state index in [1.807, 2.05) is 42.5 Å². The Morgan fingerprint density at radius 2 is 2.00 bits per heavy atom. The molecule has 2 aromatic carbocycles. The zero-order chi connectivity index (χ0) is 16.2. The molecule has 0 spiro atoms. The minimum absolute atomic E-state index is 0.0491. The molecule has 5 heteroatoms. The number of esters is 1. The second kappa shape index (κ2) is 6.79. The lowest BCUT2D eigenvalue weighted by Gasteiger charge is -2.06. The molecular weight excluding hydrogens is 310 g/mol. The van der Waals surface area contributed by atoms with Gasteiger partial charge in [0.15, 0.2) is 0 Å². The van der Waals surface area contributed by atoms with Crippen LogP contribution in [0.2, 0.25) is 0 Å². The maximum Gasteiger partial charge on any atom is 0.312 e. The number of para-hydroxylation sites is 1. The number of carbonyl (C=O) groups is 1. The molecule has 0 saturated heterocycles. The van der Waals surface area contributed by atoms with E-state index in [0.717, 1.165) is 22.2 Å². The van der Waals surface area contributed by atoms with E-state index in [1.54, 1.807) is 10.6 Å². The lowest BCUT2D eigenvalue weighted by atomic mass is 10.2. The molecule has 0 N–H and O–H groups in total. The summed E-state index contributed by atoms with van der Waals surface area (Å²) >= 11 is 1.19. The second-order valence-corrected chi connectivity index (χ2v) is 6.21. The van der Waals surface area contributed by atoms with Crippen LogP contribution in [0.3, 0.4) is 0 Å². The van der Waals surface area contributed by atoms with Gasteiger partial charge < -0.3 is 4.74 Å². The summed E-state index contributed by atoms with van der Waals surface area (Å²) in [7, 11) is 0. The van der Waals surface area contributed by atoms with Gasteiger partial charge in [-0.3, -0.25) is 14.2 Å². The Balaban J connectivity index is 1.68. The smallest absolute Gasteiger partial charge is 0.312 e. The third kappa shape index (κ3) is 3.51. The van der Waals surface area contributed by atoms with Gasteiger partial charge in [0.25, 0.3) is 0 Å². The van der Waals surface area contributed by atoms with Crippen LogP contribution in [0.25, 0.3) is 10.2 Å². The van der Waals surface area contributed by atoms with Crippen molar-refractivity contribution in [3.05, 3.63) is 63.8 Å². The quantitative estimate of drug-likeness (QED) is 0.531. The average Bonchev–Trinajstić information content (AvgIpc) is 2.88. The first-order valence-corrected chi connectivity index (χ1v) is 8.37. The van der Waals surface area contributed by atoms with Gasteiger partial charge in [0.1, 0.15) is 5.75 Å². The van der Waals surface area contributed by atoms with Crippen molar-refractivity contribution in [2.75, 3.05) is 0 Å². The van der Waals surface area contributed by atoms with Crippen LogP contribution in [0.5, 0.6) is 5.75 Å². The molecule has 0 unspecified atom stereocenters. The average molecular weight is 327 g/mol. The van der Waals surface area contributed by atoms with Crippen LogP contribution in [0.15, 0.2) is 53.3 Å².